The standard InChI is InChI=1S/C6H5BrIN3/c7-3-1-4(8)5(6(9)10)11-2-3/h1-2H,(H3,9,10). The molecule has 3 nitrogen and oxygen atoms in total. The monoisotopic (exact) mass is 325 g/mol. The molecule has 0 saturated carbocycles. The molecule has 1 aromatic rings. The maximum absolute atomic E-state index is 7.14. The highest BCUT2D eigenvalue weighted by Gasteiger charge is 2.03. The number of pyridine rings is 1. The van der Waals surface area contributed by atoms with Crippen LogP contribution in [-0.4, -0.2) is 10.8 Å². The third-order valence-corrected chi connectivity index (χ3v) is 2.32. The number of aromatic nitrogens is 1. The van der Waals surface area contributed by atoms with Crippen LogP contribution < -0.4 is 5.73 Å². The Kier molecular flexibility index (Phi) is 2.83. The third kappa shape index (κ3) is 2.13. The molecule has 0 aliphatic heterocycles. The maximum atomic E-state index is 7.14. The summed E-state index contributed by atoms with van der Waals surface area (Å²) in [6, 6.07) is 1.87. The summed E-state index contributed by atoms with van der Waals surface area (Å²) >= 11 is 5.35. The first-order valence-corrected chi connectivity index (χ1v) is 4.64. The quantitative estimate of drug-likeness (QED) is 0.469. The van der Waals surface area contributed by atoms with E-state index in [1.165, 1.54) is 0 Å². The van der Waals surface area contributed by atoms with Crippen molar-refractivity contribution in [2.75, 3.05) is 0 Å². The molecule has 0 fully saturated rings. The normalized spacial score (nSPS) is 9.64. The molecular formula is C6H5BrIN3. The van der Waals surface area contributed by atoms with E-state index < -0.39 is 0 Å². The number of nitrogens with zero attached hydrogens (tertiary/aromatic N) is 1. The van der Waals surface area contributed by atoms with E-state index in [9.17, 15) is 0 Å². The molecule has 58 valence electrons. The van der Waals surface area contributed by atoms with E-state index in [-0.39, 0.29) is 5.84 Å². The van der Waals surface area contributed by atoms with Crippen molar-refractivity contribution < 1.29 is 0 Å². The third-order valence-electron chi connectivity index (χ3n) is 1.06. The summed E-state index contributed by atoms with van der Waals surface area (Å²) in [5.41, 5.74) is 5.80. The lowest BCUT2D eigenvalue weighted by Crippen LogP contribution is -2.14. The number of hydrogen-bond donors (Lipinski definition) is 2. The van der Waals surface area contributed by atoms with Gasteiger partial charge in [0.1, 0.15) is 11.5 Å². The molecule has 0 unspecified atom stereocenters. The van der Waals surface area contributed by atoms with Gasteiger partial charge in [-0.1, -0.05) is 0 Å². The van der Waals surface area contributed by atoms with Gasteiger partial charge in [0.2, 0.25) is 0 Å². The molecule has 0 aliphatic carbocycles. The van der Waals surface area contributed by atoms with Gasteiger partial charge in [-0.05, 0) is 44.6 Å². The first kappa shape index (κ1) is 8.92. The fourth-order valence-corrected chi connectivity index (χ4v) is 2.14. The minimum absolute atomic E-state index is 0.00176. The highest BCUT2D eigenvalue weighted by molar-refractivity contribution is 14.1. The fraction of sp³-hybridized carbons (Fsp3) is 0. The molecule has 0 aromatic carbocycles. The molecule has 0 spiro atoms. The largest absolute Gasteiger partial charge is 0.382 e. The van der Waals surface area contributed by atoms with Crippen LogP contribution in [0.5, 0.6) is 0 Å². The van der Waals surface area contributed by atoms with Crippen molar-refractivity contribution in [2.45, 2.75) is 0 Å². The Labute approximate surface area is 86.2 Å². The maximum Gasteiger partial charge on any atom is 0.142 e. The Morgan fingerprint density at radius 2 is 2.36 bits per heavy atom. The summed E-state index contributed by atoms with van der Waals surface area (Å²) in [5, 5.41) is 7.14. The van der Waals surface area contributed by atoms with Crippen LogP contribution in [0.2, 0.25) is 0 Å². The van der Waals surface area contributed by atoms with Crippen LogP contribution in [0.3, 0.4) is 0 Å². The molecule has 1 rings (SSSR count). The first-order chi connectivity index (χ1) is 5.11. The first-order valence-electron chi connectivity index (χ1n) is 2.76. The van der Waals surface area contributed by atoms with Gasteiger partial charge in [-0.2, -0.15) is 0 Å². The summed E-state index contributed by atoms with van der Waals surface area (Å²) < 4.78 is 1.77. The summed E-state index contributed by atoms with van der Waals surface area (Å²) in [6.07, 6.45) is 1.62. The minimum atomic E-state index is 0.00176. The molecule has 0 amide bonds. The summed E-state index contributed by atoms with van der Waals surface area (Å²) in [5.74, 6) is 0.00176. The van der Waals surface area contributed by atoms with Crippen LogP contribution in [0.4, 0.5) is 0 Å². The summed E-state index contributed by atoms with van der Waals surface area (Å²) in [7, 11) is 0. The van der Waals surface area contributed by atoms with E-state index in [4.69, 9.17) is 11.1 Å². The number of nitrogen functional groups attached to an aromatic ring is 1. The highest BCUT2D eigenvalue weighted by atomic mass is 127. The molecule has 3 N–H and O–H groups in total. The molecule has 1 aromatic heterocycles. The number of rotatable bonds is 1. The van der Waals surface area contributed by atoms with E-state index >= 15 is 0 Å². The highest BCUT2D eigenvalue weighted by Crippen LogP contribution is 2.15. The van der Waals surface area contributed by atoms with E-state index in [0.29, 0.717) is 5.69 Å². The predicted molar refractivity (Wildman–Crippen MR) is 55.7 cm³/mol. The molecule has 0 saturated heterocycles. The van der Waals surface area contributed by atoms with Gasteiger partial charge in [0.05, 0.1) is 0 Å². The van der Waals surface area contributed by atoms with Crippen molar-refractivity contribution in [1.82, 2.24) is 4.98 Å². The van der Waals surface area contributed by atoms with Crippen LogP contribution in [0.25, 0.3) is 0 Å². The van der Waals surface area contributed by atoms with Gasteiger partial charge in [0, 0.05) is 14.2 Å². The second-order valence-corrected chi connectivity index (χ2v) is 3.98. The molecule has 0 bridgehead atoms. The smallest absolute Gasteiger partial charge is 0.142 e. The average Bonchev–Trinajstić information content (AvgIpc) is 1.85. The number of hydrogen-bond acceptors (Lipinski definition) is 2. The Morgan fingerprint density at radius 1 is 1.73 bits per heavy atom. The number of nitrogens with two attached hydrogens (primary N) is 1. The molecule has 0 atom stereocenters. The Morgan fingerprint density at radius 3 is 2.82 bits per heavy atom. The SMILES string of the molecule is N=C(N)c1ncc(Br)cc1I. The molecular weight excluding hydrogens is 321 g/mol. The van der Waals surface area contributed by atoms with Gasteiger partial charge in [-0.15, -0.1) is 0 Å². The molecule has 5 heteroatoms. The van der Waals surface area contributed by atoms with E-state index in [0.717, 1.165) is 8.04 Å². The lowest BCUT2D eigenvalue weighted by atomic mass is 10.3. The van der Waals surface area contributed by atoms with Crippen molar-refractivity contribution >= 4 is 44.4 Å². The Bertz CT molecular complexity index is 300. The summed E-state index contributed by atoms with van der Waals surface area (Å²) in [6.45, 7) is 0. The molecule has 0 aliphatic rings. The average molecular weight is 326 g/mol. The Balaban J connectivity index is 3.20. The van der Waals surface area contributed by atoms with Crippen molar-refractivity contribution in [3.8, 4) is 0 Å². The predicted octanol–water partition coefficient (Wildman–Crippen LogP) is 1.73. The lowest BCUT2D eigenvalue weighted by Gasteiger charge is -1.99. The fourth-order valence-electron chi connectivity index (χ4n) is 0.613. The van der Waals surface area contributed by atoms with Crippen LogP contribution >= 0.6 is 38.5 Å². The zero-order valence-electron chi connectivity index (χ0n) is 5.44. The summed E-state index contributed by atoms with van der Waals surface area (Å²) in [4.78, 5) is 3.97. The van der Waals surface area contributed by atoms with Crippen LogP contribution in [0.1, 0.15) is 5.69 Å². The number of amidine groups is 1. The lowest BCUT2D eigenvalue weighted by molar-refractivity contribution is 1.22. The van der Waals surface area contributed by atoms with Crippen LogP contribution in [-0.2, 0) is 0 Å². The number of halogens is 2. The van der Waals surface area contributed by atoms with Gasteiger partial charge >= 0.3 is 0 Å². The van der Waals surface area contributed by atoms with Gasteiger partial charge in [-0.3, -0.25) is 10.4 Å². The van der Waals surface area contributed by atoms with E-state index in [1.807, 2.05) is 6.07 Å². The number of nitrogens with one attached hydrogen (secondary N) is 1. The van der Waals surface area contributed by atoms with Crippen molar-refractivity contribution in [3.05, 3.63) is 26.0 Å². The van der Waals surface area contributed by atoms with E-state index in [2.05, 4.69) is 43.5 Å². The van der Waals surface area contributed by atoms with Gasteiger partial charge in [0.25, 0.3) is 0 Å². The second-order valence-electron chi connectivity index (χ2n) is 1.90. The topological polar surface area (TPSA) is 62.8 Å². The van der Waals surface area contributed by atoms with Crippen LogP contribution in [0.15, 0.2) is 16.7 Å². The van der Waals surface area contributed by atoms with Crippen LogP contribution in [0, 0.1) is 8.98 Å². The molecule has 1 heterocycles. The molecule has 11 heavy (non-hydrogen) atoms. The van der Waals surface area contributed by atoms with Crippen molar-refractivity contribution in [1.29, 1.82) is 5.41 Å². The second kappa shape index (κ2) is 3.48. The minimum Gasteiger partial charge on any atom is -0.382 e. The Hall–Kier alpha value is -0.170. The van der Waals surface area contributed by atoms with Gasteiger partial charge in [0.15, 0.2) is 0 Å². The van der Waals surface area contributed by atoms with Crippen molar-refractivity contribution in [2.24, 2.45) is 5.73 Å². The van der Waals surface area contributed by atoms with Gasteiger partial charge in [-0.25, -0.2) is 0 Å². The zero-order chi connectivity index (χ0) is 8.43. The van der Waals surface area contributed by atoms with Crippen molar-refractivity contribution in [3.63, 3.8) is 0 Å². The zero-order valence-corrected chi connectivity index (χ0v) is 9.18. The molecule has 0 radical (unpaired) electrons. The van der Waals surface area contributed by atoms with Gasteiger partial charge < -0.3 is 5.73 Å². The van der Waals surface area contributed by atoms with E-state index in [1.54, 1.807) is 6.20 Å².